The highest BCUT2D eigenvalue weighted by molar-refractivity contribution is 7.89. The van der Waals surface area contributed by atoms with Gasteiger partial charge in [0.2, 0.25) is 27.6 Å². The predicted octanol–water partition coefficient (Wildman–Crippen LogP) is 3.15. The second kappa shape index (κ2) is 12.2. The number of hydrogen-bond donors (Lipinski definition) is 3. The van der Waals surface area contributed by atoms with Crippen molar-refractivity contribution in [2.24, 2.45) is 0 Å². The van der Waals surface area contributed by atoms with E-state index < -0.39 is 10.0 Å². The summed E-state index contributed by atoms with van der Waals surface area (Å²) in [6, 6.07) is 11.2. The van der Waals surface area contributed by atoms with Crippen LogP contribution in [0.5, 0.6) is 17.2 Å². The quantitative estimate of drug-likeness (QED) is 0.341. The van der Waals surface area contributed by atoms with Crippen LogP contribution in [0.15, 0.2) is 53.6 Å². The molecule has 208 valence electrons. The number of methoxy groups -OCH3 is 3. The van der Waals surface area contributed by atoms with Gasteiger partial charge < -0.3 is 29.7 Å². The third kappa shape index (κ3) is 6.86. The topological polar surface area (TPSA) is 144 Å². The molecule has 0 spiro atoms. The molecular formula is C26H32N6O6S. The van der Waals surface area contributed by atoms with Crippen molar-refractivity contribution >= 4 is 39.1 Å². The number of anilines is 4. The molecule has 0 radical (unpaired) electrons. The van der Waals surface area contributed by atoms with Gasteiger partial charge >= 0.3 is 0 Å². The van der Waals surface area contributed by atoms with E-state index in [0.29, 0.717) is 60.5 Å². The SMILES string of the molecule is COc1cc(Nc2nccc(N3CCC(NS(=O)(=O)c4ccc(NC(C)=O)cc4)CC3)n2)cc(OC)c1OC. The first kappa shape index (κ1) is 27.9. The van der Waals surface area contributed by atoms with Crippen molar-refractivity contribution in [3.8, 4) is 17.2 Å². The third-order valence-electron chi connectivity index (χ3n) is 6.19. The number of amides is 1. The van der Waals surface area contributed by atoms with Crippen LogP contribution >= 0.6 is 0 Å². The molecule has 1 aliphatic heterocycles. The fraction of sp³-hybridized carbons (Fsp3) is 0.346. The zero-order valence-corrected chi connectivity index (χ0v) is 23.0. The van der Waals surface area contributed by atoms with Crippen molar-refractivity contribution < 1.29 is 27.4 Å². The van der Waals surface area contributed by atoms with Gasteiger partial charge in [-0.15, -0.1) is 0 Å². The monoisotopic (exact) mass is 556 g/mol. The number of ether oxygens (including phenoxy) is 3. The predicted molar refractivity (Wildman–Crippen MR) is 148 cm³/mol. The average molecular weight is 557 g/mol. The van der Waals surface area contributed by atoms with Crippen molar-refractivity contribution in [2.75, 3.05) is 50.0 Å². The fourth-order valence-corrected chi connectivity index (χ4v) is 5.61. The Balaban J connectivity index is 1.38. The summed E-state index contributed by atoms with van der Waals surface area (Å²) in [5, 5.41) is 5.80. The number of piperidine rings is 1. The Bertz CT molecular complexity index is 1380. The second-order valence-electron chi connectivity index (χ2n) is 8.87. The van der Waals surface area contributed by atoms with Gasteiger partial charge in [-0.2, -0.15) is 4.98 Å². The van der Waals surface area contributed by atoms with Crippen LogP contribution in [0.4, 0.5) is 23.1 Å². The number of hydrogen-bond acceptors (Lipinski definition) is 10. The minimum absolute atomic E-state index is 0.150. The molecular weight excluding hydrogens is 524 g/mol. The molecule has 0 bridgehead atoms. The summed E-state index contributed by atoms with van der Waals surface area (Å²) in [4.78, 5) is 22.4. The van der Waals surface area contributed by atoms with Crippen LogP contribution in [0, 0.1) is 0 Å². The Morgan fingerprint density at radius 1 is 0.949 bits per heavy atom. The van der Waals surface area contributed by atoms with Crippen LogP contribution in [-0.4, -0.2) is 64.8 Å². The van der Waals surface area contributed by atoms with Crippen LogP contribution < -0.4 is 34.5 Å². The van der Waals surface area contributed by atoms with Gasteiger partial charge in [0, 0.05) is 55.8 Å². The zero-order chi connectivity index (χ0) is 28.0. The minimum atomic E-state index is -3.69. The molecule has 3 N–H and O–H groups in total. The van der Waals surface area contributed by atoms with Crippen LogP contribution in [0.1, 0.15) is 19.8 Å². The first-order valence-electron chi connectivity index (χ1n) is 12.3. The lowest BCUT2D eigenvalue weighted by atomic mass is 10.1. The maximum absolute atomic E-state index is 12.9. The molecule has 3 aromatic rings. The Hall–Kier alpha value is -4.10. The molecule has 1 aromatic heterocycles. The van der Waals surface area contributed by atoms with Gasteiger partial charge in [-0.05, 0) is 43.2 Å². The van der Waals surface area contributed by atoms with Crippen molar-refractivity contribution in [3.05, 3.63) is 48.7 Å². The van der Waals surface area contributed by atoms with E-state index >= 15 is 0 Å². The molecule has 1 saturated heterocycles. The number of nitrogens with zero attached hydrogens (tertiary/aromatic N) is 3. The summed E-state index contributed by atoms with van der Waals surface area (Å²) in [6.45, 7) is 2.64. The lowest BCUT2D eigenvalue weighted by Crippen LogP contribution is -2.44. The molecule has 39 heavy (non-hydrogen) atoms. The number of rotatable bonds is 10. The molecule has 0 saturated carbocycles. The third-order valence-corrected chi connectivity index (χ3v) is 7.72. The highest BCUT2D eigenvalue weighted by Gasteiger charge is 2.25. The first-order valence-corrected chi connectivity index (χ1v) is 13.8. The maximum Gasteiger partial charge on any atom is 0.240 e. The standard InChI is InChI=1S/C26H32N6O6S/c1-17(33)28-18-5-7-21(8-6-18)39(34,35)31-19-10-13-32(14-11-19)24-9-12-27-26(30-24)29-20-15-22(36-2)25(38-4)23(16-20)37-3/h5-9,12,15-16,19,31H,10-11,13-14H2,1-4H3,(H,28,33)(H,27,29,30). The van der Waals surface area contributed by atoms with E-state index in [1.54, 1.807) is 51.8 Å². The van der Waals surface area contributed by atoms with Gasteiger partial charge in [-0.25, -0.2) is 18.1 Å². The van der Waals surface area contributed by atoms with E-state index in [9.17, 15) is 13.2 Å². The molecule has 0 unspecified atom stereocenters. The van der Waals surface area contributed by atoms with E-state index in [1.807, 2.05) is 6.07 Å². The summed E-state index contributed by atoms with van der Waals surface area (Å²) in [6.07, 6.45) is 2.90. The fourth-order valence-electron chi connectivity index (χ4n) is 4.30. The summed E-state index contributed by atoms with van der Waals surface area (Å²) in [5.41, 5.74) is 1.21. The van der Waals surface area contributed by atoms with Crippen LogP contribution in [0.2, 0.25) is 0 Å². The molecule has 2 heterocycles. The smallest absolute Gasteiger partial charge is 0.240 e. The lowest BCUT2D eigenvalue weighted by Gasteiger charge is -2.33. The number of carbonyl (C=O) groups is 1. The van der Waals surface area contributed by atoms with Crippen molar-refractivity contribution in [1.82, 2.24) is 14.7 Å². The van der Waals surface area contributed by atoms with Gasteiger partial charge in [0.15, 0.2) is 11.5 Å². The zero-order valence-electron chi connectivity index (χ0n) is 22.2. The van der Waals surface area contributed by atoms with Gasteiger partial charge in [-0.3, -0.25) is 4.79 Å². The minimum Gasteiger partial charge on any atom is -0.493 e. The van der Waals surface area contributed by atoms with Crippen LogP contribution in [0.25, 0.3) is 0 Å². The number of benzene rings is 2. The summed E-state index contributed by atoms with van der Waals surface area (Å²) in [7, 11) is 0.946. The molecule has 4 rings (SSSR count). The Morgan fingerprint density at radius 2 is 1.59 bits per heavy atom. The Morgan fingerprint density at radius 3 is 2.15 bits per heavy atom. The molecule has 0 atom stereocenters. The van der Waals surface area contributed by atoms with E-state index in [0.717, 1.165) is 5.82 Å². The largest absolute Gasteiger partial charge is 0.493 e. The molecule has 1 aliphatic rings. The molecule has 2 aromatic carbocycles. The molecule has 13 heteroatoms. The Kier molecular flexibility index (Phi) is 8.72. The summed E-state index contributed by atoms with van der Waals surface area (Å²) in [5.74, 6) is 2.40. The highest BCUT2D eigenvalue weighted by Crippen LogP contribution is 2.40. The van der Waals surface area contributed by atoms with E-state index in [4.69, 9.17) is 14.2 Å². The molecule has 0 aliphatic carbocycles. The highest BCUT2D eigenvalue weighted by atomic mass is 32.2. The number of aromatic nitrogens is 2. The van der Waals surface area contributed by atoms with E-state index in [1.165, 1.54) is 19.1 Å². The molecule has 1 amide bonds. The van der Waals surface area contributed by atoms with E-state index in [-0.39, 0.29) is 16.8 Å². The van der Waals surface area contributed by atoms with Crippen LogP contribution in [0.3, 0.4) is 0 Å². The molecule has 1 fully saturated rings. The maximum atomic E-state index is 12.9. The van der Waals surface area contributed by atoms with Crippen LogP contribution in [-0.2, 0) is 14.8 Å². The average Bonchev–Trinajstić information content (AvgIpc) is 2.92. The van der Waals surface area contributed by atoms with Crippen molar-refractivity contribution in [1.29, 1.82) is 0 Å². The van der Waals surface area contributed by atoms with Crippen molar-refractivity contribution in [2.45, 2.75) is 30.7 Å². The lowest BCUT2D eigenvalue weighted by molar-refractivity contribution is -0.114. The number of carbonyl (C=O) groups excluding carboxylic acids is 1. The van der Waals surface area contributed by atoms with Gasteiger partial charge in [0.1, 0.15) is 5.82 Å². The van der Waals surface area contributed by atoms with Crippen molar-refractivity contribution in [3.63, 3.8) is 0 Å². The Labute approximate surface area is 227 Å². The van der Waals surface area contributed by atoms with Gasteiger partial charge in [0.25, 0.3) is 0 Å². The number of nitrogens with one attached hydrogen (secondary N) is 3. The summed E-state index contributed by atoms with van der Waals surface area (Å²) < 4.78 is 44.7. The van der Waals surface area contributed by atoms with Gasteiger partial charge in [0.05, 0.1) is 26.2 Å². The molecule has 12 nitrogen and oxygen atoms in total. The summed E-state index contributed by atoms with van der Waals surface area (Å²) >= 11 is 0. The van der Waals surface area contributed by atoms with E-state index in [2.05, 4.69) is 30.2 Å². The second-order valence-corrected chi connectivity index (χ2v) is 10.6. The van der Waals surface area contributed by atoms with Gasteiger partial charge in [-0.1, -0.05) is 0 Å². The number of sulfonamides is 1. The first-order chi connectivity index (χ1) is 18.7. The normalized spacial score (nSPS) is 14.0.